The van der Waals surface area contributed by atoms with E-state index in [-0.39, 0.29) is 19.1 Å². The van der Waals surface area contributed by atoms with Crippen molar-refractivity contribution in [3.05, 3.63) is 0 Å². The third kappa shape index (κ3) is 14.6. The minimum atomic E-state index is -0.782. The maximum atomic E-state index is 9.88. The van der Waals surface area contributed by atoms with Crippen molar-refractivity contribution >= 4 is 18.6 Å². The molecule has 0 rings (SSSR count). The first kappa shape index (κ1) is 15.2. The molecule has 0 amide bonds. The zero-order valence-corrected chi connectivity index (χ0v) is 8.70. The van der Waals surface area contributed by atoms with E-state index in [0.29, 0.717) is 5.75 Å². The number of carbonyl (C=O) groups is 1. The van der Waals surface area contributed by atoms with Crippen molar-refractivity contribution in [1.82, 2.24) is 0 Å². The third-order valence-corrected chi connectivity index (χ3v) is 1.81. The summed E-state index contributed by atoms with van der Waals surface area (Å²) >= 11 is 3.77. The van der Waals surface area contributed by atoms with Crippen LogP contribution in [0.4, 0.5) is 0 Å². The fraction of sp³-hybridized carbons (Fsp3) is 0.875. The Labute approximate surface area is 84.0 Å². The molecule has 0 bridgehead atoms. The maximum Gasteiger partial charge on any atom is 0.307 e. The van der Waals surface area contributed by atoms with Gasteiger partial charge in [-0.1, -0.05) is 6.92 Å². The molecule has 0 aliphatic carbocycles. The summed E-state index contributed by atoms with van der Waals surface area (Å²) < 4.78 is 0. The molecular weight excluding hydrogens is 192 g/mol. The van der Waals surface area contributed by atoms with E-state index in [0.717, 1.165) is 12.8 Å². The van der Waals surface area contributed by atoms with Crippen LogP contribution in [-0.2, 0) is 4.79 Å². The van der Waals surface area contributed by atoms with E-state index in [1.165, 1.54) is 0 Å². The molecule has 0 fully saturated rings. The molecule has 1 unspecified atom stereocenters. The molecule has 0 aliphatic rings. The van der Waals surface area contributed by atoms with Gasteiger partial charge in [0.1, 0.15) is 0 Å². The molecule has 0 aromatic heterocycles. The number of rotatable bonds is 5. The number of aliphatic hydroxyl groups is 2. The maximum absolute atomic E-state index is 9.88. The van der Waals surface area contributed by atoms with Gasteiger partial charge in [0.15, 0.2) is 0 Å². The highest BCUT2D eigenvalue weighted by molar-refractivity contribution is 7.80. The van der Waals surface area contributed by atoms with Crippen LogP contribution in [0, 0.1) is 5.92 Å². The fourth-order valence-electron chi connectivity index (χ4n) is 0.302. The molecule has 0 aromatic carbocycles. The van der Waals surface area contributed by atoms with Crippen molar-refractivity contribution in [2.45, 2.75) is 19.8 Å². The summed E-state index contributed by atoms with van der Waals surface area (Å²) in [7, 11) is 0. The van der Waals surface area contributed by atoms with Crippen molar-refractivity contribution in [2.24, 2.45) is 5.92 Å². The van der Waals surface area contributed by atoms with Crippen LogP contribution in [0.25, 0.3) is 0 Å². The molecule has 3 N–H and O–H groups in total. The first-order chi connectivity index (χ1) is 6.09. The van der Waals surface area contributed by atoms with Gasteiger partial charge in [-0.3, -0.25) is 4.79 Å². The summed E-state index contributed by atoms with van der Waals surface area (Å²) in [4.78, 5) is 9.88. The molecule has 0 saturated heterocycles. The standard InChI is InChI=1S/C4H8O2S.C4H10O2/c1-3(2-7)4(5)6;5-3-1-2-4-6/h3,7H,2H2,1H3,(H,5,6);5-6H,1-4H2. The fourth-order valence-corrected chi connectivity index (χ4v) is 0.458. The minimum absolute atomic E-state index is 0.195. The average molecular weight is 210 g/mol. The molecule has 0 heterocycles. The second-order valence-electron chi connectivity index (χ2n) is 2.58. The quantitative estimate of drug-likeness (QED) is 0.391. The Bertz CT molecular complexity index is 115. The van der Waals surface area contributed by atoms with Crippen LogP contribution in [0.2, 0.25) is 0 Å². The van der Waals surface area contributed by atoms with Crippen molar-refractivity contribution < 1.29 is 20.1 Å². The first-order valence-electron chi connectivity index (χ1n) is 4.15. The van der Waals surface area contributed by atoms with E-state index in [2.05, 4.69) is 12.6 Å². The van der Waals surface area contributed by atoms with E-state index in [1.807, 2.05) is 0 Å². The summed E-state index contributed by atoms with van der Waals surface area (Å²) in [5.41, 5.74) is 0. The molecule has 1 atom stereocenters. The molecular formula is C8H18O4S. The van der Waals surface area contributed by atoms with Gasteiger partial charge in [0, 0.05) is 19.0 Å². The highest BCUT2D eigenvalue weighted by Crippen LogP contribution is 1.94. The number of hydrogen-bond donors (Lipinski definition) is 4. The molecule has 4 nitrogen and oxygen atoms in total. The number of thiol groups is 1. The predicted molar refractivity (Wildman–Crippen MR) is 54.1 cm³/mol. The number of unbranched alkanes of at least 4 members (excludes halogenated alkanes) is 1. The van der Waals surface area contributed by atoms with Gasteiger partial charge in [-0.05, 0) is 12.8 Å². The lowest BCUT2D eigenvalue weighted by atomic mass is 10.2. The van der Waals surface area contributed by atoms with Gasteiger partial charge in [-0.15, -0.1) is 0 Å². The molecule has 0 radical (unpaired) electrons. The summed E-state index contributed by atoms with van der Waals surface area (Å²) in [5, 5.41) is 24.3. The van der Waals surface area contributed by atoms with Crippen LogP contribution >= 0.6 is 12.6 Å². The lowest BCUT2D eigenvalue weighted by Crippen LogP contribution is -2.09. The van der Waals surface area contributed by atoms with Crippen molar-refractivity contribution in [3.8, 4) is 0 Å². The molecule has 80 valence electrons. The van der Waals surface area contributed by atoms with Gasteiger partial charge >= 0.3 is 5.97 Å². The molecule has 0 saturated carbocycles. The third-order valence-electron chi connectivity index (χ3n) is 1.26. The normalized spacial score (nSPS) is 11.4. The molecule has 0 spiro atoms. The summed E-state index contributed by atoms with van der Waals surface area (Å²) in [6, 6.07) is 0. The number of aliphatic carboxylic acids is 1. The zero-order valence-electron chi connectivity index (χ0n) is 7.81. The first-order valence-corrected chi connectivity index (χ1v) is 4.78. The van der Waals surface area contributed by atoms with E-state index < -0.39 is 5.97 Å². The lowest BCUT2D eigenvalue weighted by molar-refractivity contribution is -0.140. The van der Waals surface area contributed by atoms with Gasteiger partial charge in [-0.25, -0.2) is 0 Å². The summed E-state index contributed by atoms with van der Waals surface area (Å²) in [6.07, 6.45) is 1.44. The van der Waals surface area contributed by atoms with Gasteiger partial charge in [-0.2, -0.15) is 12.6 Å². The highest BCUT2D eigenvalue weighted by atomic mass is 32.1. The number of carboxylic acids is 1. The second kappa shape index (κ2) is 11.7. The Kier molecular flexibility index (Phi) is 13.7. The van der Waals surface area contributed by atoms with Crippen LogP contribution in [-0.4, -0.2) is 40.3 Å². The van der Waals surface area contributed by atoms with Crippen molar-refractivity contribution in [1.29, 1.82) is 0 Å². The zero-order chi connectivity index (χ0) is 10.7. The Balaban J connectivity index is 0. The number of aliphatic hydroxyl groups excluding tert-OH is 2. The number of hydrogen-bond acceptors (Lipinski definition) is 4. The van der Waals surface area contributed by atoms with E-state index in [4.69, 9.17) is 15.3 Å². The van der Waals surface area contributed by atoms with E-state index in [1.54, 1.807) is 6.92 Å². The Hall–Kier alpha value is -0.260. The Morgan fingerprint density at radius 2 is 1.69 bits per heavy atom. The molecule has 13 heavy (non-hydrogen) atoms. The SMILES string of the molecule is CC(CS)C(=O)O.OCCCCO. The smallest absolute Gasteiger partial charge is 0.307 e. The van der Waals surface area contributed by atoms with Gasteiger partial charge in [0.2, 0.25) is 0 Å². The highest BCUT2D eigenvalue weighted by Gasteiger charge is 2.05. The molecule has 0 aromatic rings. The summed E-state index contributed by atoms with van der Waals surface area (Å²) in [5.74, 6) is -0.687. The monoisotopic (exact) mass is 210 g/mol. The molecule has 0 aliphatic heterocycles. The van der Waals surface area contributed by atoms with Crippen molar-refractivity contribution in [2.75, 3.05) is 19.0 Å². The topological polar surface area (TPSA) is 77.8 Å². The Morgan fingerprint density at radius 1 is 1.31 bits per heavy atom. The second-order valence-corrected chi connectivity index (χ2v) is 2.94. The van der Waals surface area contributed by atoms with Gasteiger partial charge < -0.3 is 15.3 Å². The van der Waals surface area contributed by atoms with Gasteiger partial charge in [0.25, 0.3) is 0 Å². The minimum Gasteiger partial charge on any atom is -0.481 e. The lowest BCUT2D eigenvalue weighted by Gasteiger charge is -1.95. The van der Waals surface area contributed by atoms with E-state index >= 15 is 0 Å². The summed E-state index contributed by atoms with van der Waals surface area (Å²) in [6.45, 7) is 2.01. The van der Waals surface area contributed by atoms with Gasteiger partial charge in [0.05, 0.1) is 5.92 Å². The average Bonchev–Trinajstić information content (AvgIpc) is 2.14. The van der Waals surface area contributed by atoms with Crippen LogP contribution in [0.3, 0.4) is 0 Å². The van der Waals surface area contributed by atoms with Crippen molar-refractivity contribution in [3.63, 3.8) is 0 Å². The largest absolute Gasteiger partial charge is 0.481 e. The number of carboxylic acid groups (broad SMARTS) is 1. The van der Waals surface area contributed by atoms with E-state index in [9.17, 15) is 4.79 Å². The van der Waals surface area contributed by atoms with Crippen LogP contribution in [0.5, 0.6) is 0 Å². The Morgan fingerprint density at radius 3 is 1.77 bits per heavy atom. The van der Waals surface area contributed by atoms with Crippen LogP contribution < -0.4 is 0 Å². The predicted octanol–water partition coefficient (Wildman–Crippen LogP) is 0.388. The van der Waals surface area contributed by atoms with Crippen LogP contribution in [0.1, 0.15) is 19.8 Å². The molecule has 5 heteroatoms. The van der Waals surface area contributed by atoms with Crippen LogP contribution in [0.15, 0.2) is 0 Å².